The largest absolute Gasteiger partial charge is 0.356 e. The monoisotopic (exact) mass is 307 g/mol. The zero-order valence-corrected chi connectivity index (χ0v) is 12.9. The van der Waals surface area contributed by atoms with Gasteiger partial charge in [0.15, 0.2) is 11.5 Å². The molecule has 2 aromatic rings. The maximum absolute atomic E-state index is 9.20. The molecule has 2 aliphatic rings. The number of hydrogen-bond donors (Lipinski definition) is 0. The van der Waals surface area contributed by atoms with Crippen molar-refractivity contribution in [1.29, 1.82) is 5.26 Å². The first kappa shape index (κ1) is 13.9. The number of rotatable bonds is 2. The van der Waals surface area contributed by atoms with E-state index in [1.54, 1.807) is 18.7 Å². The minimum atomic E-state index is 0.413. The lowest BCUT2D eigenvalue weighted by Gasteiger charge is -2.23. The summed E-state index contributed by atoms with van der Waals surface area (Å²) in [5.74, 6) is 2.86. The average molecular weight is 307 g/mol. The van der Waals surface area contributed by atoms with Crippen molar-refractivity contribution in [1.82, 2.24) is 19.9 Å². The van der Waals surface area contributed by atoms with Crippen molar-refractivity contribution in [3.63, 3.8) is 0 Å². The van der Waals surface area contributed by atoms with Crippen LogP contribution in [0, 0.1) is 30.1 Å². The highest BCUT2D eigenvalue weighted by molar-refractivity contribution is 5.51. The zero-order chi connectivity index (χ0) is 15.8. The van der Waals surface area contributed by atoms with Crippen LogP contribution in [0.5, 0.6) is 0 Å². The molecule has 2 aliphatic heterocycles. The number of anilines is 2. The SMILES string of the molecule is Cc1cc(N2CC3CN(c4nccnc4C#N)CC3C2)ncn1. The van der Waals surface area contributed by atoms with Crippen molar-refractivity contribution in [2.24, 2.45) is 11.8 Å². The van der Waals surface area contributed by atoms with Crippen molar-refractivity contribution in [3.05, 3.63) is 36.2 Å². The quantitative estimate of drug-likeness (QED) is 0.819. The number of nitrogens with zero attached hydrogens (tertiary/aromatic N) is 7. The first-order chi connectivity index (χ1) is 11.2. The van der Waals surface area contributed by atoms with Gasteiger partial charge in [0, 0.05) is 62.2 Å². The second kappa shape index (κ2) is 5.47. The number of hydrogen-bond acceptors (Lipinski definition) is 7. The van der Waals surface area contributed by atoms with E-state index in [0.29, 0.717) is 23.3 Å². The van der Waals surface area contributed by atoms with Crippen LogP contribution in [0.4, 0.5) is 11.6 Å². The fraction of sp³-hybridized carbons (Fsp3) is 0.438. The Labute approximate surface area is 134 Å². The van der Waals surface area contributed by atoms with Gasteiger partial charge in [-0.1, -0.05) is 0 Å². The minimum Gasteiger partial charge on any atom is -0.356 e. The molecule has 4 heterocycles. The van der Waals surface area contributed by atoms with Gasteiger partial charge in [0.25, 0.3) is 0 Å². The van der Waals surface area contributed by atoms with Crippen LogP contribution in [-0.2, 0) is 0 Å². The smallest absolute Gasteiger partial charge is 0.183 e. The number of nitriles is 1. The maximum Gasteiger partial charge on any atom is 0.183 e. The van der Waals surface area contributed by atoms with Gasteiger partial charge in [0.1, 0.15) is 18.2 Å². The van der Waals surface area contributed by atoms with E-state index in [9.17, 15) is 5.26 Å². The number of aromatic nitrogens is 4. The lowest BCUT2D eigenvalue weighted by Crippen LogP contribution is -2.30. The molecular formula is C16H17N7. The molecule has 116 valence electrons. The molecular weight excluding hydrogens is 290 g/mol. The van der Waals surface area contributed by atoms with Gasteiger partial charge < -0.3 is 9.80 Å². The van der Waals surface area contributed by atoms with Crippen LogP contribution in [-0.4, -0.2) is 46.1 Å². The maximum atomic E-state index is 9.20. The highest BCUT2D eigenvalue weighted by Crippen LogP contribution is 2.35. The first-order valence-electron chi connectivity index (χ1n) is 7.74. The molecule has 0 spiro atoms. The molecule has 2 atom stereocenters. The number of fused-ring (bicyclic) bond motifs is 1. The van der Waals surface area contributed by atoms with Crippen molar-refractivity contribution in [3.8, 4) is 6.07 Å². The van der Waals surface area contributed by atoms with Gasteiger partial charge in [-0.25, -0.2) is 19.9 Å². The van der Waals surface area contributed by atoms with Gasteiger partial charge in [-0.15, -0.1) is 0 Å². The molecule has 0 radical (unpaired) electrons. The summed E-state index contributed by atoms with van der Waals surface area (Å²) in [6.45, 7) is 5.79. The Bertz CT molecular complexity index is 755. The Morgan fingerprint density at radius 3 is 2.39 bits per heavy atom. The Morgan fingerprint density at radius 1 is 1.00 bits per heavy atom. The van der Waals surface area contributed by atoms with Crippen molar-refractivity contribution in [2.45, 2.75) is 6.92 Å². The van der Waals surface area contributed by atoms with Crippen molar-refractivity contribution >= 4 is 11.6 Å². The second-order valence-corrected chi connectivity index (χ2v) is 6.19. The van der Waals surface area contributed by atoms with Crippen LogP contribution in [0.1, 0.15) is 11.4 Å². The molecule has 0 N–H and O–H groups in total. The van der Waals surface area contributed by atoms with Gasteiger partial charge in [-0.05, 0) is 6.92 Å². The second-order valence-electron chi connectivity index (χ2n) is 6.19. The van der Waals surface area contributed by atoms with E-state index in [-0.39, 0.29) is 0 Å². The Kier molecular flexibility index (Phi) is 3.30. The van der Waals surface area contributed by atoms with Crippen LogP contribution in [0.2, 0.25) is 0 Å². The third-order valence-corrected chi connectivity index (χ3v) is 4.68. The van der Waals surface area contributed by atoms with Gasteiger partial charge >= 0.3 is 0 Å². The van der Waals surface area contributed by atoms with E-state index >= 15 is 0 Å². The molecule has 2 unspecified atom stereocenters. The molecule has 0 amide bonds. The van der Waals surface area contributed by atoms with E-state index in [0.717, 1.165) is 37.7 Å². The van der Waals surface area contributed by atoms with Gasteiger partial charge in [0.05, 0.1) is 0 Å². The normalized spacial score (nSPS) is 23.0. The van der Waals surface area contributed by atoms with Gasteiger partial charge in [0.2, 0.25) is 0 Å². The molecule has 23 heavy (non-hydrogen) atoms. The highest BCUT2D eigenvalue weighted by atomic mass is 15.3. The van der Waals surface area contributed by atoms with E-state index in [1.807, 2.05) is 13.0 Å². The zero-order valence-electron chi connectivity index (χ0n) is 12.9. The van der Waals surface area contributed by atoms with E-state index in [1.165, 1.54) is 0 Å². The summed E-state index contributed by atoms with van der Waals surface area (Å²) in [5.41, 5.74) is 1.41. The van der Waals surface area contributed by atoms with Crippen LogP contribution >= 0.6 is 0 Å². The molecule has 0 saturated carbocycles. The van der Waals surface area contributed by atoms with Gasteiger partial charge in [-0.2, -0.15) is 5.26 Å². The fourth-order valence-corrected chi connectivity index (χ4v) is 3.61. The van der Waals surface area contributed by atoms with Gasteiger partial charge in [-0.3, -0.25) is 0 Å². The molecule has 0 bridgehead atoms. The summed E-state index contributed by atoms with van der Waals surface area (Å²) in [7, 11) is 0. The summed E-state index contributed by atoms with van der Waals surface area (Å²) in [5, 5.41) is 9.20. The Morgan fingerprint density at radius 2 is 1.70 bits per heavy atom. The van der Waals surface area contributed by atoms with E-state index < -0.39 is 0 Å². The molecule has 7 heteroatoms. The van der Waals surface area contributed by atoms with E-state index in [2.05, 4.69) is 35.8 Å². The summed E-state index contributed by atoms with van der Waals surface area (Å²) >= 11 is 0. The molecule has 0 aliphatic carbocycles. The van der Waals surface area contributed by atoms with Crippen LogP contribution in [0.15, 0.2) is 24.8 Å². The molecule has 0 aromatic carbocycles. The minimum absolute atomic E-state index is 0.413. The Balaban J connectivity index is 1.49. The molecule has 2 saturated heterocycles. The molecule has 4 rings (SSSR count). The summed E-state index contributed by atoms with van der Waals surface area (Å²) in [6, 6.07) is 4.17. The van der Waals surface area contributed by atoms with Crippen molar-refractivity contribution in [2.75, 3.05) is 36.0 Å². The molecule has 2 aromatic heterocycles. The summed E-state index contributed by atoms with van der Waals surface area (Å²) in [6.07, 6.45) is 4.85. The van der Waals surface area contributed by atoms with Crippen LogP contribution in [0.3, 0.4) is 0 Å². The standard InChI is InChI=1S/C16H17N7/c1-11-4-15(21-10-20-11)22-6-12-8-23(9-13(12)7-22)16-14(5-17)18-2-3-19-16/h2-4,10,12-13H,6-9H2,1H3. The molecule has 7 nitrogen and oxygen atoms in total. The third-order valence-electron chi connectivity index (χ3n) is 4.68. The van der Waals surface area contributed by atoms with Crippen LogP contribution < -0.4 is 9.80 Å². The van der Waals surface area contributed by atoms with Crippen LogP contribution in [0.25, 0.3) is 0 Å². The number of aryl methyl sites for hydroxylation is 1. The van der Waals surface area contributed by atoms with E-state index in [4.69, 9.17) is 0 Å². The third kappa shape index (κ3) is 2.46. The summed E-state index contributed by atoms with van der Waals surface area (Å²) in [4.78, 5) is 21.6. The summed E-state index contributed by atoms with van der Waals surface area (Å²) < 4.78 is 0. The Hall–Kier alpha value is -2.75. The predicted octanol–water partition coefficient (Wildman–Crippen LogP) is 1.02. The fourth-order valence-electron chi connectivity index (χ4n) is 3.61. The van der Waals surface area contributed by atoms with Crippen molar-refractivity contribution < 1.29 is 0 Å². The molecule has 2 fully saturated rings. The first-order valence-corrected chi connectivity index (χ1v) is 7.74. The topological polar surface area (TPSA) is 81.8 Å². The predicted molar refractivity (Wildman–Crippen MR) is 84.9 cm³/mol. The lowest BCUT2D eigenvalue weighted by atomic mass is 10.0. The highest BCUT2D eigenvalue weighted by Gasteiger charge is 2.41. The lowest BCUT2D eigenvalue weighted by molar-refractivity contribution is 0.533. The average Bonchev–Trinajstić information content (AvgIpc) is 3.13.